The number of rotatable bonds is 2. The van der Waals surface area contributed by atoms with Gasteiger partial charge in [0.25, 0.3) is 0 Å². The molecule has 0 atom stereocenters. The number of carbonyl (C=O) groups excluding carboxylic acids is 1. The van der Waals surface area contributed by atoms with Gasteiger partial charge in [0.05, 0.1) is 16.9 Å². The van der Waals surface area contributed by atoms with Gasteiger partial charge in [0.1, 0.15) is 11.6 Å². The number of pyridine rings is 1. The molecule has 2 aromatic heterocycles. The largest absolute Gasteiger partial charge is 0.350 e. The minimum atomic E-state index is -0.736. The molecule has 0 unspecified atom stereocenters. The van der Waals surface area contributed by atoms with Gasteiger partial charge in [-0.25, -0.2) is 8.78 Å². The van der Waals surface area contributed by atoms with Gasteiger partial charge in [-0.1, -0.05) is 6.07 Å². The second-order valence-corrected chi connectivity index (χ2v) is 4.06. The van der Waals surface area contributed by atoms with Crippen LogP contribution in [0.1, 0.15) is 10.4 Å². The number of fused-ring (bicyclic) bond motifs is 1. The van der Waals surface area contributed by atoms with Crippen molar-refractivity contribution >= 4 is 17.2 Å². The normalized spacial score (nSPS) is 10.8. The maximum atomic E-state index is 13.7. The predicted octanol–water partition coefficient (Wildman–Crippen LogP) is 3.32. The molecule has 0 bridgehead atoms. The van der Waals surface area contributed by atoms with Crippen molar-refractivity contribution in [3.05, 3.63) is 53.7 Å². The Morgan fingerprint density at radius 2 is 2.05 bits per heavy atom. The molecule has 0 amide bonds. The first-order chi connectivity index (χ1) is 9.20. The van der Waals surface area contributed by atoms with Gasteiger partial charge in [0.15, 0.2) is 6.29 Å². The number of carbonyl (C=O) groups is 1. The third-order valence-corrected chi connectivity index (χ3v) is 2.90. The van der Waals surface area contributed by atoms with Gasteiger partial charge < -0.3 is 4.98 Å². The number of aromatic amines is 1. The van der Waals surface area contributed by atoms with Crippen molar-refractivity contribution in [2.75, 3.05) is 0 Å². The highest BCUT2D eigenvalue weighted by atomic mass is 19.1. The molecule has 0 radical (unpaired) electrons. The summed E-state index contributed by atoms with van der Waals surface area (Å²) in [5.41, 5.74) is 1.19. The summed E-state index contributed by atoms with van der Waals surface area (Å²) in [4.78, 5) is 18.1. The molecule has 0 saturated heterocycles. The molecule has 0 aliphatic rings. The third-order valence-electron chi connectivity index (χ3n) is 2.90. The molecule has 0 aliphatic carbocycles. The van der Waals surface area contributed by atoms with Crippen LogP contribution >= 0.6 is 0 Å². The van der Waals surface area contributed by atoms with Crippen LogP contribution in [-0.4, -0.2) is 16.3 Å². The summed E-state index contributed by atoms with van der Waals surface area (Å²) in [7, 11) is 0. The number of nitrogens with one attached hydrogen (secondary N) is 1. The molecule has 0 aliphatic heterocycles. The summed E-state index contributed by atoms with van der Waals surface area (Å²) in [6, 6.07) is 7.07. The average Bonchev–Trinajstić information content (AvgIpc) is 2.78. The third kappa shape index (κ3) is 1.79. The number of hydrogen-bond acceptors (Lipinski definition) is 2. The van der Waals surface area contributed by atoms with E-state index in [1.54, 1.807) is 24.4 Å². The molecule has 0 saturated carbocycles. The van der Waals surface area contributed by atoms with Gasteiger partial charge in [-0.3, -0.25) is 9.78 Å². The fourth-order valence-electron chi connectivity index (χ4n) is 2.08. The number of benzene rings is 1. The predicted molar refractivity (Wildman–Crippen MR) is 66.8 cm³/mol. The van der Waals surface area contributed by atoms with Gasteiger partial charge in [0, 0.05) is 23.2 Å². The Kier molecular flexibility index (Phi) is 2.59. The highest BCUT2D eigenvalue weighted by Crippen LogP contribution is 2.29. The number of H-pyrrole nitrogens is 1. The average molecular weight is 258 g/mol. The maximum Gasteiger partial charge on any atom is 0.152 e. The number of aromatic nitrogens is 2. The first kappa shape index (κ1) is 11.5. The quantitative estimate of drug-likeness (QED) is 0.717. The molecular weight excluding hydrogens is 250 g/mol. The van der Waals surface area contributed by atoms with E-state index in [-0.39, 0.29) is 16.5 Å². The molecule has 19 heavy (non-hydrogen) atoms. The fraction of sp³-hybridized carbons (Fsp3) is 0. The molecule has 0 spiro atoms. The van der Waals surface area contributed by atoms with E-state index in [0.717, 1.165) is 12.1 Å². The maximum absolute atomic E-state index is 13.7. The van der Waals surface area contributed by atoms with E-state index < -0.39 is 11.6 Å². The topological polar surface area (TPSA) is 45.8 Å². The summed E-state index contributed by atoms with van der Waals surface area (Å²) in [6.07, 6.45) is 2.13. The number of nitrogens with zero attached hydrogens (tertiary/aromatic N) is 1. The van der Waals surface area contributed by atoms with Crippen LogP contribution in [0, 0.1) is 11.6 Å². The van der Waals surface area contributed by atoms with Crippen LogP contribution in [-0.2, 0) is 0 Å². The van der Waals surface area contributed by atoms with Crippen LogP contribution in [0.25, 0.3) is 22.3 Å². The van der Waals surface area contributed by atoms with Crippen LogP contribution in [0.4, 0.5) is 8.78 Å². The zero-order valence-electron chi connectivity index (χ0n) is 9.65. The Balaban J connectivity index is 2.38. The van der Waals surface area contributed by atoms with Crippen LogP contribution in [0.5, 0.6) is 0 Å². The van der Waals surface area contributed by atoms with E-state index >= 15 is 0 Å². The standard InChI is InChI=1S/C14H8F2N2O/c15-8-5-9-10(7-19)14(12-3-1-2-4-17-12)18-13(9)11(16)6-8/h1-7,18H. The Labute approximate surface area is 106 Å². The lowest BCUT2D eigenvalue weighted by molar-refractivity contribution is 0.112. The Bertz CT molecular complexity index is 766. The van der Waals surface area contributed by atoms with Gasteiger partial charge in [0.2, 0.25) is 0 Å². The highest BCUT2D eigenvalue weighted by molar-refractivity contribution is 6.04. The summed E-state index contributed by atoms with van der Waals surface area (Å²) in [6.45, 7) is 0. The number of aldehydes is 1. The van der Waals surface area contributed by atoms with E-state index in [2.05, 4.69) is 9.97 Å². The van der Waals surface area contributed by atoms with Gasteiger partial charge in [-0.2, -0.15) is 0 Å². The molecule has 0 fully saturated rings. The lowest BCUT2D eigenvalue weighted by Crippen LogP contribution is -1.87. The van der Waals surface area contributed by atoms with Crippen molar-refractivity contribution < 1.29 is 13.6 Å². The molecule has 3 nitrogen and oxygen atoms in total. The molecule has 3 rings (SSSR count). The van der Waals surface area contributed by atoms with E-state index in [4.69, 9.17) is 0 Å². The van der Waals surface area contributed by atoms with Crippen molar-refractivity contribution in [2.45, 2.75) is 0 Å². The molecule has 1 aromatic carbocycles. The molecular formula is C14H8F2N2O. The number of hydrogen-bond donors (Lipinski definition) is 1. The van der Waals surface area contributed by atoms with Crippen molar-refractivity contribution in [1.82, 2.24) is 9.97 Å². The van der Waals surface area contributed by atoms with Crippen LogP contribution in [0.15, 0.2) is 36.5 Å². The fourth-order valence-corrected chi connectivity index (χ4v) is 2.08. The van der Waals surface area contributed by atoms with E-state index in [1.165, 1.54) is 0 Å². The summed E-state index contributed by atoms with van der Waals surface area (Å²) < 4.78 is 26.9. The minimum absolute atomic E-state index is 0.101. The van der Waals surface area contributed by atoms with E-state index in [1.807, 2.05) is 0 Å². The monoisotopic (exact) mass is 258 g/mol. The summed E-state index contributed by atoms with van der Waals surface area (Å²) in [5.74, 6) is -1.46. The smallest absolute Gasteiger partial charge is 0.152 e. The first-order valence-corrected chi connectivity index (χ1v) is 5.58. The zero-order chi connectivity index (χ0) is 13.4. The van der Waals surface area contributed by atoms with Gasteiger partial charge >= 0.3 is 0 Å². The first-order valence-electron chi connectivity index (χ1n) is 5.58. The van der Waals surface area contributed by atoms with Gasteiger partial charge in [-0.15, -0.1) is 0 Å². The van der Waals surface area contributed by atoms with Crippen LogP contribution < -0.4 is 0 Å². The molecule has 5 heteroatoms. The second-order valence-electron chi connectivity index (χ2n) is 4.06. The van der Waals surface area contributed by atoms with Crippen molar-refractivity contribution in [1.29, 1.82) is 0 Å². The Hall–Kier alpha value is -2.56. The molecule has 1 N–H and O–H groups in total. The van der Waals surface area contributed by atoms with Crippen molar-refractivity contribution in [2.24, 2.45) is 0 Å². The second kappa shape index (κ2) is 4.28. The van der Waals surface area contributed by atoms with Crippen molar-refractivity contribution in [3.8, 4) is 11.4 Å². The lowest BCUT2D eigenvalue weighted by atomic mass is 10.1. The van der Waals surface area contributed by atoms with Crippen LogP contribution in [0.3, 0.4) is 0 Å². The number of halogens is 2. The molecule has 3 aromatic rings. The molecule has 94 valence electrons. The minimum Gasteiger partial charge on any atom is -0.350 e. The van der Waals surface area contributed by atoms with E-state index in [9.17, 15) is 13.6 Å². The Morgan fingerprint density at radius 3 is 2.74 bits per heavy atom. The molecule has 2 heterocycles. The van der Waals surface area contributed by atoms with E-state index in [0.29, 0.717) is 17.7 Å². The van der Waals surface area contributed by atoms with Gasteiger partial charge in [-0.05, 0) is 18.2 Å². The van der Waals surface area contributed by atoms with Crippen molar-refractivity contribution in [3.63, 3.8) is 0 Å². The lowest BCUT2D eigenvalue weighted by Gasteiger charge is -1.97. The highest BCUT2D eigenvalue weighted by Gasteiger charge is 2.16. The Morgan fingerprint density at radius 1 is 1.21 bits per heavy atom. The zero-order valence-corrected chi connectivity index (χ0v) is 9.65. The summed E-state index contributed by atoms with van der Waals surface area (Å²) in [5, 5.41) is 0.216. The van der Waals surface area contributed by atoms with Crippen LogP contribution in [0.2, 0.25) is 0 Å². The summed E-state index contributed by atoms with van der Waals surface area (Å²) >= 11 is 0. The SMILES string of the molecule is O=Cc1c(-c2ccccn2)[nH]c2c(F)cc(F)cc12.